The van der Waals surface area contributed by atoms with E-state index in [1.165, 1.54) is 6.92 Å². The zero-order valence-electron chi connectivity index (χ0n) is 75.3. The molecular formula is C83H146N22O20S2. The summed E-state index contributed by atoms with van der Waals surface area (Å²) in [5.41, 5.74) is 40.2. The van der Waals surface area contributed by atoms with Crippen LogP contribution < -0.4 is 120 Å². The van der Waals surface area contributed by atoms with Crippen LogP contribution in [-0.4, -0.2) is 258 Å². The molecule has 1 rings (SSSR count). The molecule has 0 bridgehead atoms. The van der Waals surface area contributed by atoms with Gasteiger partial charge in [-0.15, -0.1) is 0 Å². The van der Waals surface area contributed by atoms with Gasteiger partial charge in [0, 0.05) is 17.9 Å². The number of carboxylic acid groups (broad SMARTS) is 1. The van der Waals surface area contributed by atoms with Gasteiger partial charge in [-0.3, -0.25) is 81.5 Å². The number of primary amides is 2. The van der Waals surface area contributed by atoms with Crippen molar-refractivity contribution in [3.63, 3.8) is 0 Å². The van der Waals surface area contributed by atoms with Crippen molar-refractivity contribution in [3.8, 4) is 0 Å². The van der Waals surface area contributed by atoms with Crippen LogP contribution >= 0.6 is 25.3 Å². The number of benzene rings is 1. The van der Waals surface area contributed by atoms with E-state index >= 15 is 0 Å². The first-order valence-electron chi connectivity index (χ1n) is 43.6. The fourth-order valence-electron chi connectivity index (χ4n) is 13.1. The Kier molecular flexibility index (Phi) is 56.5. The third kappa shape index (κ3) is 45.6. The van der Waals surface area contributed by atoms with Crippen LogP contribution in [0.3, 0.4) is 0 Å². The smallest absolute Gasteiger partial charge is 0.326 e. The lowest BCUT2D eigenvalue weighted by molar-refractivity contribution is -0.143. The highest BCUT2D eigenvalue weighted by molar-refractivity contribution is 7.80. The Morgan fingerprint density at radius 2 is 0.614 bits per heavy atom. The molecule has 17 amide bonds. The number of unbranched alkanes of at least 4 members (excludes halogenated alkanes) is 4. The summed E-state index contributed by atoms with van der Waals surface area (Å²) in [6.07, 6.45) is 1.62. The summed E-state index contributed by atoms with van der Waals surface area (Å²) in [4.78, 5) is 249. The van der Waals surface area contributed by atoms with Gasteiger partial charge in [-0.05, 0) is 171 Å². The number of carboxylic acids is 1. The second-order valence-electron chi connectivity index (χ2n) is 33.6. The predicted molar refractivity (Wildman–Crippen MR) is 482 cm³/mol. The summed E-state index contributed by atoms with van der Waals surface area (Å²) in [5, 5.41) is 58.8. The number of aliphatic hydroxyl groups excluding tert-OH is 1. The zero-order chi connectivity index (χ0) is 96.3. The summed E-state index contributed by atoms with van der Waals surface area (Å²) >= 11 is 8.19. The number of carbonyl (C=O) groups excluding carboxylic acids is 17. The van der Waals surface area contributed by atoms with Crippen molar-refractivity contribution in [2.75, 3.05) is 44.3 Å². The largest absolute Gasteiger partial charge is 0.480 e. The maximum absolute atomic E-state index is 14.8. The van der Waals surface area contributed by atoms with E-state index in [1.807, 2.05) is 0 Å². The Hall–Kier alpha value is -9.86. The lowest BCUT2D eigenvalue weighted by Crippen LogP contribution is -2.61. The molecule has 42 nitrogen and oxygen atoms in total. The van der Waals surface area contributed by atoms with Gasteiger partial charge in [0.1, 0.15) is 90.6 Å². The minimum Gasteiger partial charge on any atom is -0.480 e. The van der Waals surface area contributed by atoms with Gasteiger partial charge in [-0.2, -0.15) is 25.3 Å². The SMILES string of the molecule is CC[C@H](C)[C@H](NC(=O)[C@H](CCCCN)NC(=O)[C@H](CCCCN)NC(=O)[C@H](CC(C)C)NC(=O)[C@H](CC(C)C)NC(=O)[C@H](CC(C)C)NC(=O)[C@H](CC(N)=O)NC(=O)[C@H](CCCCN)NC(=O)[C@H](Cc1ccccc1)NC(=O)[C@H](CC(C)C)NC(=O)[C@H](C)NC(=O)[C@H](CO)NC(=O)[C@H](CS)NC(=O)[C@H](CS)NC(=O)[C@@H](N)CC(N)=O)C(=O)N[C@@H](CCCCN)C(=O)O. The van der Waals surface area contributed by atoms with Crippen LogP contribution in [0.25, 0.3) is 0 Å². The first-order chi connectivity index (χ1) is 59.8. The molecule has 1 aromatic rings. The lowest BCUT2D eigenvalue weighted by atomic mass is 9.96. The summed E-state index contributed by atoms with van der Waals surface area (Å²) in [6.45, 7) is 18.6. The second-order valence-corrected chi connectivity index (χ2v) is 34.3. The monoisotopic (exact) mass is 1840 g/mol. The normalized spacial score (nSPS) is 15.4. The Labute approximate surface area is 755 Å². The molecule has 1 aromatic carbocycles. The molecule has 44 heteroatoms. The van der Waals surface area contributed by atoms with Gasteiger partial charge >= 0.3 is 5.97 Å². The molecule has 0 aliphatic carbocycles. The maximum atomic E-state index is 14.8. The predicted octanol–water partition coefficient (Wildman–Crippen LogP) is -4.72. The highest BCUT2D eigenvalue weighted by Crippen LogP contribution is 2.18. The Morgan fingerprint density at radius 3 is 0.961 bits per heavy atom. The van der Waals surface area contributed by atoms with Gasteiger partial charge in [0.05, 0.1) is 25.5 Å². The lowest BCUT2D eigenvalue weighted by Gasteiger charge is -2.30. The molecule has 0 spiro atoms. The van der Waals surface area contributed by atoms with Gasteiger partial charge in [-0.1, -0.05) is 106 Å². The first-order valence-corrected chi connectivity index (χ1v) is 44.9. The number of amides is 17. The number of nitrogens with one attached hydrogen (secondary N) is 15. The van der Waals surface area contributed by atoms with Crippen LogP contribution in [0, 0.1) is 29.6 Å². The van der Waals surface area contributed by atoms with Gasteiger partial charge in [-0.25, -0.2) is 4.79 Å². The topological polar surface area (TPSA) is 710 Å². The molecule has 720 valence electrons. The van der Waals surface area contributed by atoms with E-state index in [-0.39, 0.29) is 119 Å². The van der Waals surface area contributed by atoms with Crippen LogP contribution in [-0.2, 0) is 92.7 Å². The maximum Gasteiger partial charge on any atom is 0.326 e. The number of aliphatic carboxylic acids is 1. The average Bonchev–Trinajstić information content (AvgIpc) is 0.909. The highest BCUT2D eigenvalue weighted by atomic mass is 32.1. The third-order valence-electron chi connectivity index (χ3n) is 20.4. The number of carbonyl (C=O) groups is 18. The summed E-state index contributed by atoms with van der Waals surface area (Å²) < 4.78 is 0. The van der Waals surface area contributed by atoms with E-state index in [0.717, 1.165) is 0 Å². The van der Waals surface area contributed by atoms with Crippen molar-refractivity contribution in [2.24, 2.45) is 69.7 Å². The van der Waals surface area contributed by atoms with E-state index < -0.39 is 228 Å². The summed E-state index contributed by atoms with van der Waals surface area (Å²) in [7, 11) is 0. The number of thiol groups is 2. The fraction of sp³-hybridized carbons (Fsp3) is 0.711. The van der Waals surface area contributed by atoms with Crippen LogP contribution in [0.15, 0.2) is 30.3 Å². The average molecular weight is 1840 g/mol. The fourth-order valence-corrected chi connectivity index (χ4v) is 13.6. The van der Waals surface area contributed by atoms with E-state index in [2.05, 4.69) is 105 Å². The van der Waals surface area contributed by atoms with Gasteiger partial charge in [0.15, 0.2) is 0 Å². The molecule has 0 saturated heterocycles. The molecule has 0 fully saturated rings. The summed E-state index contributed by atoms with van der Waals surface area (Å²) in [5.74, 6) is -19.4. The third-order valence-corrected chi connectivity index (χ3v) is 21.1. The molecule has 17 atom stereocenters. The Morgan fingerprint density at radius 1 is 0.331 bits per heavy atom. The van der Waals surface area contributed by atoms with Crippen LogP contribution in [0.5, 0.6) is 0 Å². The molecule has 127 heavy (non-hydrogen) atoms. The molecule has 31 N–H and O–H groups in total. The van der Waals surface area contributed by atoms with Crippen molar-refractivity contribution in [1.29, 1.82) is 0 Å². The first kappa shape index (κ1) is 115. The highest BCUT2D eigenvalue weighted by Gasteiger charge is 2.40. The number of hydrogen-bond donors (Lipinski definition) is 26. The number of nitrogens with two attached hydrogens (primary N) is 7. The van der Waals surface area contributed by atoms with Gasteiger partial charge < -0.3 is 130 Å². The molecule has 0 saturated carbocycles. The minimum atomic E-state index is -1.82. The minimum absolute atomic E-state index is 0.00582. The molecule has 0 aliphatic heterocycles. The van der Waals surface area contributed by atoms with Gasteiger partial charge in [0.25, 0.3) is 0 Å². The van der Waals surface area contributed by atoms with Crippen molar-refractivity contribution in [3.05, 3.63) is 35.9 Å². The van der Waals surface area contributed by atoms with Crippen molar-refractivity contribution in [2.45, 2.75) is 301 Å². The van der Waals surface area contributed by atoms with Gasteiger partial charge in [0.2, 0.25) is 100 Å². The molecule has 0 radical (unpaired) electrons. The molecule has 0 heterocycles. The number of rotatable bonds is 66. The van der Waals surface area contributed by atoms with Crippen LogP contribution in [0.1, 0.15) is 204 Å². The molecule has 0 aromatic heterocycles. The second kappa shape index (κ2) is 62.4. The van der Waals surface area contributed by atoms with E-state index in [4.69, 9.17) is 40.1 Å². The van der Waals surface area contributed by atoms with Crippen LogP contribution in [0.4, 0.5) is 0 Å². The number of hydrogen-bond acceptors (Lipinski definition) is 26. The van der Waals surface area contributed by atoms with Crippen molar-refractivity contribution >= 4 is 132 Å². The van der Waals surface area contributed by atoms with Crippen molar-refractivity contribution in [1.82, 2.24) is 79.8 Å². The quantitative estimate of drug-likeness (QED) is 0.0215. The van der Waals surface area contributed by atoms with Crippen LogP contribution in [0.2, 0.25) is 0 Å². The van der Waals surface area contributed by atoms with E-state index in [0.29, 0.717) is 63.5 Å². The molecule has 0 unspecified atom stereocenters. The van der Waals surface area contributed by atoms with E-state index in [9.17, 15) is 96.5 Å². The Balaban J connectivity index is 3.71. The van der Waals surface area contributed by atoms with Crippen molar-refractivity contribution < 1.29 is 96.5 Å². The zero-order valence-corrected chi connectivity index (χ0v) is 77.1. The standard InChI is InChI=1S/C83H146N22O20S2/c1-12-48(10)67(82(123)95-55(83(124)125)29-19-23-33-87)105-72(113)54(28-18-22-32-86)92-70(111)52(26-16-20-30-84)93-73(114)57(35-45(4)5)97-75(116)58(36-46(6)7)98-76(117)59(37-47(8)9)99-78(119)61(40-66(90)108)101-71(112)53(27-17-21-31-85)94-77(118)60(38-50-24-14-13-15-25-50)100-74(115)56(34-44(2)3)96-68(109)49(11)91-79(120)62(41-106)102-80(121)64(43-127)104-81(122)63(42-126)103-69(110)51(88)39-65(89)107/h13-15,24-25,44-49,51-64,67,106,126-127H,12,16-23,26-43,84-88H2,1-11H3,(H2,89,107)(H2,90,108)(H,91,120)(H,92,111)(H,93,114)(H,94,118)(H,95,123)(H,96,109)(H,97,116)(H,98,117)(H,99,119)(H,100,115)(H,101,112)(H,102,121)(H,103,110)(H,104,122)(H,105,113)(H,124,125)/t48-,49-,51-,52-,53-,54-,55-,56-,57-,58-,59-,60-,61-,62-,63-,64-,67-/m0/s1. The summed E-state index contributed by atoms with van der Waals surface area (Å²) in [6, 6.07) is -14.8. The molecular weight excluding hydrogens is 1690 g/mol. The van der Waals surface area contributed by atoms with E-state index in [1.54, 1.807) is 99.6 Å². The molecule has 0 aliphatic rings. The number of aliphatic hydroxyl groups is 1. The Bertz CT molecular complexity index is 3700.